The third kappa shape index (κ3) is 6.10. The number of morpholine rings is 1. The molecule has 2 aliphatic rings. The zero-order valence-corrected chi connectivity index (χ0v) is 19.3. The van der Waals surface area contributed by atoms with E-state index in [1.165, 1.54) is 0 Å². The normalized spacial score (nSPS) is 18.5. The Morgan fingerprint density at radius 3 is 2.62 bits per heavy atom. The molecule has 8 nitrogen and oxygen atoms in total. The van der Waals surface area contributed by atoms with E-state index in [-0.39, 0.29) is 82.5 Å². The quantitative estimate of drug-likeness (QED) is 0.483. The van der Waals surface area contributed by atoms with Crippen LogP contribution in [0.4, 0.5) is 0 Å². The molecule has 3 rings (SSSR count). The van der Waals surface area contributed by atoms with Crippen LogP contribution >= 0.6 is 0 Å². The van der Waals surface area contributed by atoms with Gasteiger partial charge < -0.3 is 34.1 Å². The molecule has 0 atom stereocenters. The molecule has 2 aliphatic heterocycles. The Hall–Kier alpha value is 0.195. The summed E-state index contributed by atoms with van der Waals surface area (Å²) in [5.41, 5.74) is 0.318. The molecule has 132 valence electrons. The van der Waals surface area contributed by atoms with Gasteiger partial charge in [-0.3, -0.25) is 4.90 Å². The van der Waals surface area contributed by atoms with Gasteiger partial charge in [-0.2, -0.15) is 0 Å². The Morgan fingerprint density at radius 2 is 1.96 bits per heavy atom. The van der Waals surface area contributed by atoms with E-state index >= 15 is 0 Å². The number of carboxylic acids is 1. The largest absolute Gasteiger partial charge is 1.00 e. The van der Waals surface area contributed by atoms with Gasteiger partial charge >= 0.3 is 65.9 Å². The van der Waals surface area contributed by atoms with E-state index in [0.29, 0.717) is 38.3 Å². The summed E-state index contributed by atoms with van der Waals surface area (Å²) < 4.78 is 16.0. The molecule has 0 radical (unpaired) electrons. The zero-order valence-electron chi connectivity index (χ0n) is 15.3. The van der Waals surface area contributed by atoms with E-state index in [1.807, 2.05) is 0 Å². The molecule has 1 fully saturated rings. The molecule has 0 aliphatic carbocycles. The van der Waals surface area contributed by atoms with Crippen LogP contribution in [0.2, 0.25) is 6.32 Å². The van der Waals surface area contributed by atoms with Crippen molar-refractivity contribution in [3.8, 4) is 11.5 Å². The number of hydrogen-bond donors (Lipinski definition) is 2. The molecule has 1 aromatic carbocycles. The standard InChI is InChI=1S/C15H21BNO7.2Na/c18-15(19)13-12(23-10-7-17-5-8-22-9-6-17)2-1-11-3-4-16(20,21)24-14(11)13;;/h1-2,20-21H,3-10H2,(H,18,19);;/q-1;2*+1/p-1. The van der Waals surface area contributed by atoms with Gasteiger partial charge in [0.15, 0.2) is 0 Å². The van der Waals surface area contributed by atoms with Crippen molar-refractivity contribution in [2.24, 2.45) is 0 Å². The van der Waals surface area contributed by atoms with Gasteiger partial charge in [0.2, 0.25) is 0 Å². The van der Waals surface area contributed by atoms with Crippen molar-refractivity contribution in [1.82, 2.24) is 4.90 Å². The van der Waals surface area contributed by atoms with Crippen molar-refractivity contribution in [2.45, 2.75) is 12.7 Å². The molecular weight excluding hydrogens is 363 g/mol. The van der Waals surface area contributed by atoms with Crippen LogP contribution in [0, 0.1) is 0 Å². The monoisotopic (exact) mass is 383 g/mol. The molecule has 0 amide bonds. The summed E-state index contributed by atoms with van der Waals surface area (Å²) in [7, 11) is 0. The molecule has 2 N–H and O–H groups in total. The van der Waals surface area contributed by atoms with Crippen molar-refractivity contribution in [1.29, 1.82) is 0 Å². The number of ether oxygens (including phenoxy) is 2. The smallest absolute Gasteiger partial charge is 0.669 e. The molecule has 0 spiro atoms. The van der Waals surface area contributed by atoms with E-state index in [2.05, 4.69) is 4.90 Å². The first-order chi connectivity index (χ1) is 11.5. The fourth-order valence-electron chi connectivity index (χ4n) is 2.95. The van der Waals surface area contributed by atoms with Crippen LogP contribution in [-0.4, -0.2) is 67.1 Å². The zero-order chi connectivity index (χ0) is 17.2. The maximum absolute atomic E-state index is 11.5. The Balaban J connectivity index is 0.00000169. The van der Waals surface area contributed by atoms with Gasteiger partial charge in [0.25, 0.3) is 0 Å². The first-order valence-electron chi connectivity index (χ1n) is 8.06. The minimum atomic E-state index is -3.05. The molecule has 0 unspecified atom stereocenters. The summed E-state index contributed by atoms with van der Waals surface area (Å²) in [5, 5.41) is 30.9. The second-order valence-electron chi connectivity index (χ2n) is 6.03. The van der Waals surface area contributed by atoms with Gasteiger partial charge in [-0.05, 0) is 18.1 Å². The Morgan fingerprint density at radius 1 is 1.27 bits per heavy atom. The predicted molar refractivity (Wildman–Crippen MR) is 82.9 cm³/mol. The molecule has 11 heteroatoms. The first kappa shape index (κ1) is 24.2. The molecule has 0 saturated carbocycles. The molecule has 1 aromatic rings. The third-order valence-corrected chi connectivity index (χ3v) is 4.27. The number of carboxylic acid groups (broad SMARTS) is 1. The number of aryl methyl sites for hydroxylation is 1. The summed E-state index contributed by atoms with van der Waals surface area (Å²) in [4.78, 5) is 13.7. The second-order valence-corrected chi connectivity index (χ2v) is 6.03. The molecule has 1 saturated heterocycles. The number of aromatic carboxylic acids is 1. The number of fused-ring (bicyclic) bond motifs is 1. The van der Waals surface area contributed by atoms with Gasteiger partial charge in [-0.1, -0.05) is 12.4 Å². The molecule has 0 aromatic heterocycles. The SMILES string of the molecule is O=C([O-])c1c(OCCN2CCOCC2)ccc2c1O[B-](O)(O)CC2.[Na+].[Na+]. The number of carbonyl (C=O) groups excluding carboxylic acids is 1. The van der Waals surface area contributed by atoms with Crippen LogP contribution in [0.15, 0.2) is 12.1 Å². The number of benzene rings is 1. The maximum atomic E-state index is 11.5. The summed E-state index contributed by atoms with van der Waals surface area (Å²) >= 11 is 0. The minimum absolute atomic E-state index is 0. The maximum Gasteiger partial charge on any atom is 1.00 e. The fraction of sp³-hybridized carbons (Fsp3) is 0.533. The van der Waals surface area contributed by atoms with Crippen LogP contribution in [0.3, 0.4) is 0 Å². The molecule has 26 heavy (non-hydrogen) atoms. The van der Waals surface area contributed by atoms with E-state index in [0.717, 1.165) is 13.1 Å². The van der Waals surface area contributed by atoms with Crippen molar-refractivity contribution < 1.29 is 93.2 Å². The van der Waals surface area contributed by atoms with Crippen LogP contribution in [-0.2, 0) is 11.2 Å². The summed E-state index contributed by atoms with van der Waals surface area (Å²) in [6.45, 7) is 0.856. The average molecular weight is 383 g/mol. The number of hydrogen-bond acceptors (Lipinski definition) is 8. The van der Waals surface area contributed by atoms with Crippen molar-refractivity contribution in [3.05, 3.63) is 23.3 Å². The van der Waals surface area contributed by atoms with Crippen LogP contribution in [0.1, 0.15) is 15.9 Å². The van der Waals surface area contributed by atoms with Crippen LogP contribution in [0.5, 0.6) is 11.5 Å². The van der Waals surface area contributed by atoms with E-state index in [1.54, 1.807) is 12.1 Å². The van der Waals surface area contributed by atoms with Crippen LogP contribution in [0.25, 0.3) is 0 Å². The van der Waals surface area contributed by atoms with Gasteiger partial charge in [-0.25, -0.2) is 0 Å². The summed E-state index contributed by atoms with van der Waals surface area (Å²) in [6, 6.07) is 3.23. The summed E-state index contributed by atoms with van der Waals surface area (Å²) in [6.07, 6.45) is 0.341. The fourth-order valence-corrected chi connectivity index (χ4v) is 2.95. The molecule has 0 bridgehead atoms. The second kappa shape index (κ2) is 10.7. The average Bonchev–Trinajstić information content (AvgIpc) is 2.54. The van der Waals surface area contributed by atoms with Crippen molar-refractivity contribution in [2.75, 3.05) is 39.5 Å². The first-order valence-corrected chi connectivity index (χ1v) is 8.06. The van der Waals surface area contributed by atoms with Gasteiger partial charge in [0.1, 0.15) is 12.4 Å². The van der Waals surface area contributed by atoms with Crippen molar-refractivity contribution in [3.63, 3.8) is 0 Å². The third-order valence-electron chi connectivity index (χ3n) is 4.27. The Kier molecular flexibility index (Phi) is 9.94. The number of carbonyl (C=O) groups is 1. The van der Waals surface area contributed by atoms with Gasteiger partial charge in [-0.15, -0.1) is 0 Å². The topological polar surface area (TPSA) is 112 Å². The predicted octanol–water partition coefficient (Wildman–Crippen LogP) is -7.37. The van der Waals surface area contributed by atoms with E-state index < -0.39 is 12.7 Å². The Bertz CT molecular complexity index is 626. The van der Waals surface area contributed by atoms with E-state index in [9.17, 15) is 19.9 Å². The van der Waals surface area contributed by atoms with Crippen molar-refractivity contribution >= 4 is 12.7 Å². The minimum Gasteiger partial charge on any atom is -0.669 e. The molecule has 2 heterocycles. The van der Waals surface area contributed by atoms with Gasteiger partial charge in [0, 0.05) is 19.6 Å². The Labute approximate surface area is 196 Å². The van der Waals surface area contributed by atoms with E-state index in [4.69, 9.17) is 14.1 Å². The number of nitrogens with zero attached hydrogens (tertiary/aromatic N) is 1. The number of rotatable bonds is 5. The summed E-state index contributed by atoms with van der Waals surface area (Å²) in [5.74, 6) is -1.44. The molecular formula is C15H20BNNa2O7. The van der Waals surface area contributed by atoms with Gasteiger partial charge in [0.05, 0.1) is 30.5 Å². The van der Waals surface area contributed by atoms with Crippen LogP contribution < -0.4 is 73.6 Å².